The number of rotatable bonds is 3. The Balaban J connectivity index is 2.08. The Labute approximate surface area is 146 Å². The first kappa shape index (κ1) is 17.0. The highest BCUT2D eigenvalue weighted by molar-refractivity contribution is 6.01. The number of halogens is 1. The lowest BCUT2D eigenvalue weighted by molar-refractivity contribution is 0.621. The van der Waals surface area contributed by atoms with E-state index in [9.17, 15) is 4.39 Å². The summed E-state index contributed by atoms with van der Waals surface area (Å²) in [5.41, 5.74) is 11.4. The second-order valence-electron chi connectivity index (χ2n) is 6.39. The summed E-state index contributed by atoms with van der Waals surface area (Å²) in [6.45, 7) is 7.51. The van der Waals surface area contributed by atoms with Crippen LogP contribution in [0.2, 0.25) is 0 Å². The van der Waals surface area contributed by atoms with Crippen molar-refractivity contribution in [2.24, 2.45) is 0 Å². The van der Waals surface area contributed by atoms with Crippen molar-refractivity contribution in [2.75, 3.05) is 5.73 Å². The van der Waals surface area contributed by atoms with E-state index in [4.69, 9.17) is 11.1 Å². The van der Waals surface area contributed by atoms with E-state index in [1.165, 1.54) is 6.07 Å². The molecule has 3 rings (SSSR count). The van der Waals surface area contributed by atoms with Gasteiger partial charge in [0, 0.05) is 11.3 Å². The van der Waals surface area contributed by atoms with Gasteiger partial charge in [-0.2, -0.15) is 0 Å². The predicted molar refractivity (Wildman–Crippen MR) is 99.3 cm³/mol. The van der Waals surface area contributed by atoms with Crippen LogP contribution in [-0.4, -0.2) is 15.7 Å². The smallest absolute Gasteiger partial charge is 0.220 e. The van der Waals surface area contributed by atoms with Gasteiger partial charge in [-0.15, -0.1) is 0 Å². The quantitative estimate of drug-likeness (QED) is 0.825. The molecule has 1 heterocycles. The molecule has 0 saturated carbocycles. The van der Waals surface area contributed by atoms with Crippen LogP contribution in [0.25, 0.3) is 5.57 Å². The van der Waals surface area contributed by atoms with Gasteiger partial charge >= 0.3 is 0 Å². The first-order chi connectivity index (χ1) is 11.9. The number of hydrogen-bond acceptors (Lipinski definition) is 4. The minimum absolute atomic E-state index is 0.0532. The molecule has 0 amide bonds. The predicted octanol–water partition coefficient (Wildman–Crippen LogP) is 4.19. The third-order valence-corrected chi connectivity index (χ3v) is 4.62. The van der Waals surface area contributed by atoms with Crippen LogP contribution < -0.4 is 5.73 Å². The number of aromatic nitrogens is 2. The number of allylic oxidation sites excluding steroid dienone is 3. The number of aryl methyl sites for hydroxylation is 1. The zero-order chi connectivity index (χ0) is 18.1. The summed E-state index contributed by atoms with van der Waals surface area (Å²) in [7, 11) is 0. The largest absolute Gasteiger partial charge is 0.368 e. The summed E-state index contributed by atoms with van der Waals surface area (Å²) in [6, 6.07) is 4.83. The average molecular weight is 336 g/mol. The highest BCUT2D eigenvalue weighted by Crippen LogP contribution is 2.36. The second-order valence-corrected chi connectivity index (χ2v) is 6.39. The van der Waals surface area contributed by atoms with Gasteiger partial charge in [0.1, 0.15) is 5.82 Å². The lowest BCUT2D eigenvalue weighted by atomic mass is 9.78. The van der Waals surface area contributed by atoms with Crippen LogP contribution in [0.3, 0.4) is 0 Å². The molecular weight excluding hydrogens is 315 g/mol. The maximum Gasteiger partial charge on any atom is 0.220 e. The van der Waals surface area contributed by atoms with Gasteiger partial charge in [-0.05, 0) is 61.4 Å². The highest BCUT2D eigenvalue weighted by atomic mass is 19.1. The molecule has 0 saturated heterocycles. The third kappa shape index (κ3) is 3.22. The first-order valence-corrected chi connectivity index (χ1v) is 8.20. The van der Waals surface area contributed by atoms with Crippen molar-refractivity contribution in [3.05, 3.63) is 70.8 Å². The van der Waals surface area contributed by atoms with Gasteiger partial charge in [0.05, 0.1) is 11.4 Å². The topological polar surface area (TPSA) is 75.7 Å². The summed E-state index contributed by atoms with van der Waals surface area (Å²) in [5.74, 6) is 0.00786. The van der Waals surface area contributed by atoms with Gasteiger partial charge in [-0.25, -0.2) is 14.4 Å². The number of nitrogen functional groups attached to an aromatic ring is 1. The molecule has 0 fully saturated rings. The maximum atomic E-state index is 13.8. The molecule has 1 aliphatic rings. The fourth-order valence-electron chi connectivity index (χ4n) is 3.56. The molecular formula is C20H21FN4. The Hall–Kier alpha value is -2.82. The zero-order valence-electron chi connectivity index (χ0n) is 14.4. The Morgan fingerprint density at radius 3 is 2.84 bits per heavy atom. The number of hydrogen-bond donors (Lipinski definition) is 2. The molecule has 0 radical (unpaired) electrons. The van der Waals surface area contributed by atoms with Crippen LogP contribution in [0, 0.1) is 18.2 Å². The summed E-state index contributed by atoms with van der Waals surface area (Å²) < 4.78 is 13.8. The first-order valence-electron chi connectivity index (χ1n) is 8.20. The average Bonchev–Trinajstić information content (AvgIpc) is 2.53. The number of anilines is 1. The minimum Gasteiger partial charge on any atom is -0.368 e. The van der Waals surface area contributed by atoms with Crippen molar-refractivity contribution in [3.63, 3.8) is 0 Å². The molecule has 0 bridgehead atoms. The fourth-order valence-corrected chi connectivity index (χ4v) is 3.56. The van der Waals surface area contributed by atoms with Gasteiger partial charge < -0.3 is 11.1 Å². The molecule has 0 aliphatic heterocycles. The maximum absolute atomic E-state index is 13.8. The van der Waals surface area contributed by atoms with Gasteiger partial charge in [0.2, 0.25) is 5.95 Å². The number of nitrogens with one attached hydrogen (secondary N) is 1. The number of nitrogens with two attached hydrogens (primary N) is 1. The van der Waals surface area contributed by atoms with E-state index < -0.39 is 0 Å². The molecule has 25 heavy (non-hydrogen) atoms. The second kappa shape index (κ2) is 6.59. The number of fused-ring (bicyclic) bond motifs is 1. The van der Waals surface area contributed by atoms with Crippen molar-refractivity contribution >= 4 is 17.2 Å². The van der Waals surface area contributed by atoms with Gasteiger partial charge in [-0.1, -0.05) is 24.8 Å². The third-order valence-electron chi connectivity index (χ3n) is 4.62. The molecule has 1 aromatic carbocycles. The number of nitrogens with zero attached hydrogens (tertiary/aromatic N) is 2. The van der Waals surface area contributed by atoms with Crippen molar-refractivity contribution in [3.8, 4) is 0 Å². The highest BCUT2D eigenvalue weighted by Gasteiger charge is 2.29. The fraction of sp³-hybridized carbons (Fsp3) is 0.250. The Morgan fingerprint density at radius 1 is 1.36 bits per heavy atom. The van der Waals surface area contributed by atoms with Crippen LogP contribution in [0.1, 0.15) is 47.3 Å². The molecule has 1 aromatic heterocycles. The van der Waals surface area contributed by atoms with Crippen LogP contribution in [0.4, 0.5) is 10.3 Å². The molecule has 1 atom stereocenters. The molecule has 4 nitrogen and oxygen atoms in total. The Morgan fingerprint density at radius 2 is 2.12 bits per heavy atom. The molecule has 5 heteroatoms. The van der Waals surface area contributed by atoms with Crippen molar-refractivity contribution in [1.82, 2.24) is 9.97 Å². The molecule has 128 valence electrons. The van der Waals surface area contributed by atoms with E-state index in [0.29, 0.717) is 18.6 Å². The standard InChI is InChI=1S/C20H21FN4/c1-4-5-11(2)16-10-14(21)6-7-15(16)13-8-17(22)19-12(3)24-20(23)25-18(19)9-13/h4-7,10,13,22H,1,8-9H2,2-3H3,(H2,23,24,25)/b11-5+,22-17?. The van der Waals surface area contributed by atoms with E-state index in [1.54, 1.807) is 12.1 Å². The summed E-state index contributed by atoms with van der Waals surface area (Å²) in [6.07, 6.45) is 4.79. The van der Waals surface area contributed by atoms with Gasteiger partial charge in [0.15, 0.2) is 0 Å². The van der Waals surface area contributed by atoms with Crippen LogP contribution in [0.5, 0.6) is 0 Å². The Bertz CT molecular complexity index is 899. The molecule has 3 N–H and O–H groups in total. The molecule has 2 aromatic rings. The minimum atomic E-state index is -0.274. The van der Waals surface area contributed by atoms with E-state index in [2.05, 4.69) is 16.5 Å². The van der Waals surface area contributed by atoms with E-state index in [0.717, 1.165) is 33.7 Å². The normalized spacial score (nSPS) is 17.3. The van der Waals surface area contributed by atoms with Gasteiger partial charge in [0.25, 0.3) is 0 Å². The summed E-state index contributed by atoms with van der Waals surface area (Å²) in [5, 5.41) is 8.44. The molecule has 0 spiro atoms. The van der Waals surface area contributed by atoms with Crippen LogP contribution in [0.15, 0.2) is 36.9 Å². The lowest BCUT2D eigenvalue weighted by Crippen LogP contribution is -2.23. The lowest BCUT2D eigenvalue weighted by Gasteiger charge is -2.27. The summed E-state index contributed by atoms with van der Waals surface area (Å²) in [4.78, 5) is 8.52. The number of benzene rings is 1. The Kier molecular flexibility index (Phi) is 4.49. The van der Waals surface area contributed by atoms with Crippen LogP contribution >= 0.6 is 0 Å². The van der Waals surface area contributed by atoms with Crippen molar-refractivity contribution in [1.29, 1.82) is 5.41 Å². The van der Waals surface area contributed by atoms with Crippen molar-refractivity contribution in [2.45, 2.75) is 32.6 Å². The van der Waals surface area contributed by atoms with Crippen molar-refractivity contribution < 1.29 is 4.39 Å². The summed E-state index contributed by atoms with van der Waals surface area (Å²) >= 11 is 0. The monoisotopic (exact) mass is 336 g/mol. The molecule has 1 unspecified atom stereocenters. The SMILES string of the molecule is C=C/C=C(\C)c1cc(F)ccc1C1CC(=N)c2c(C)nc(N)nc2C1. The molecule has 1 aliphatic carbocycles. The van der Waals surface area contributed by atoms with E-state index in [-0.39, 0.29) is 17.7 Å². The van der Waals surface area contributed by atoms with E-state index >= 15 is 0 Å². The zero-order valence-corrected chi connectivity index (χ0v) is 14.4. The van der Waals surface area contributed by atoms with E-state index in [1.807, 2.05) is 26.0 Å². The van der Waals surface area contributed by atoms with Crippen LogP contribution in [-0.2, 0) is 6.42 Å². The van der Waals surface area contributed by atoms with Gasteiger partial charge in [-0.3, -0.25) is 0 Å².